The van der Waals surface area contributed by atoms with Gasteiger partial charge in [0.2, 0.25) is 0 Å². The Labute approximate surface area is 197 Å². The van der Waals surface area contributed by atoms with E-state index in [1.54, 1.807) is 31.4 Å². The number of ketones is 1. The summed E-state index contributed by atoms with van der Waals surface area (Å²) in [7, 11) is 1.59. The number of carbonyl (C=O) groups excluding carboxylic acids is 1. The van der Waals surface area contributed by atoms with Gasteiger partial charge in [-0.2, -0.15) is 0 Å². The first-order valence-electron chi connectivity index (χ1n) is 9.70. The van der Waals surface area contributed by atoms with Crippen molar-refractivity contribution < 1.29 is 14.3 Å². The summed E-state index contributed by atoms with van der Waals surface area (Å²) in [4.78, 5) is 13.9. The molecule has 0 amide bonds. The monoisotopic (exact) mass is 472 g/mol. The Morgan fingerprint density at radius 3 is 2.42 bits per heavy atom. The van der Waals surface area contributed by atoms with E-state index in [9.17, 15) is 4.79 Å². The van der Waals surface area contributed by atoms with Crippen LogP contribution in [-0.2, 0) is 5.75 Å². The van der Waals surface area contributed by atoms with E-state index < -0.39 is 0 Å². The van der Waals surface area contributed by atoms with Gasteiger partial charge in [-0.1, -0.05) is 47.5 Å². The molecule has 0 radical (unpaired) electrons. The molecule has 0 bridgehead atoms. The number of thioether (sulfide) groups is 1. The topological polar surface area (TPSA) is 35.5 Å². The lowest BCUT2D eigenvalue weighted by molar-refractivity contribution is 0.104. The number of carbonyl (C=O) groups is 1. The molecule has 3 aromatic rings. The van der Waals surface area contributed by atoms with Crippen LogP contribution in [0.1, 0.15) is 28.4 Å². The third-order valence-electron chi connectivity index (χ3n) is 4.46. The van der Waals surface area contributed by atoms with Crippen molar-refractivity contribution in [2.45, 2.75) is 12.7 Å². The average molecular weight is 473 g/mol. The van der Waals surface area contributed by atoms with Crippen molar-refractivity contribution in [2.24, 2.45) is 0 Å². The molecule has 3 rings (SSSR count). The summed E-state index contributed by atoms with van der Waals surface area (Å²) >= 11 is 13.7. The highest BCUT2D eigenvalue weighted by Crippen LogP contribution is 2.33. The molecule has 160 valence electrons. The van der Waals surface area contributed by atoms with Gasteiger partial charge in [0.1, 0.15) is 0 Å². The highest BCUT2D eigenvalue weighted by atomic mass is 35.5. The van der Waals surface area contributed by atoms with E-state index in [1.165, 1.54) is 11.8 Å². The van der Waals surface area contributed by atoms with Crippen LogP contribution in [0.5, 0.6) is 11.5 Å². The minimum absolute atomic E-state index is 0.0819. The lowest BCUT2D eigenvalue weighted by atomic mass is 10.1. The number of halogens is 2. The Morgan fingerprint density at radius 2 is 1.74 bits per heavy atom. The van der Waals surface area contributed by atoms with Crippen LogP contribution < -0.4 is 9.47 Å². The molecule has 0 aliphatic heterocycles. The molecule has 3 nitrogen and oxygen atoms in total. The molecule has 0 aliphatic rings. The van der Waals surface area contributed by atoms with E-state index in [0.717, 1.165) is 11.1 Å². The SMILES string of the molecule is CCOc1ccc(C=C(SCc2ccccc2Cl)C(=O)c2ccc(Cl)cc2)cc1OC. The van der Waals surface area contributed by atoms with E-state index >= 15 is 0 Å². The smallest absolute Gasteiger partial charge is 0.199 e. The van der Waals surface area contributed by atoms with Gasteiger partial charge >= 0.3 is 0 Å². The fourth-order valence-electron chi connectivity index (χ4n) is 2.89. The van der Waals surface area contributed by atoms with Crippen molar-refractivity contribution in [3.05, 3.63) is 98.4 Å². The fourth-order valence-corrected chi connectivity index (χ4v) is 4.33. The van der Waals surface area contributed by atoms with E-state index in [2.05, 4.69) is 0 Å². The van der Waals surface area contributed by atoms with Gasteiger partial charge in [-0.25, -0.2) is 0 Å². The van der Waals surface area contributed by atoms with Crippen LogP contribution in [0.4, 0.5) is 0 Å². The number of benzene rings is 3. The van der Waals surface area contributed by atoms with E-state index in [-0.39, 0.29) is 5.78 Å². The lowest BCUT2D eigenvalue weighted by Gasteiger charge is -2.11. The van der Waals surface area contributed by atoms with Gasteiger partial charge in [0.15, 0.2) is 17.3 Å². The zero-order valence-electron chi connectivity index (χ0n) is 17.2. The summed E-state index contributed by atoms with van der Waals surface area (Å²) in [6, 6.07) is 20.1. The number of allylic oxidation sites excluding steroid dienone is 1. The summed E-state index contributed by atoms with van der Waals surface area (Å²) in [6.07, 6.45) is 1.86. The number of hydrogen-bond acceptors (Lipinski definition) is 4. The molecule has 3 aromatic carbocycles. The first-order valence-corrected chi connectivity index (χ1v) is 11.4. The van der Waals surface area contributed by atoms with Gasteiger partial charge in [0.05, 0.1) is 18.6 Å². The Morgan fingerprint density at radius 1 is 1.00 bits per heavy atom. The van der Waals surface area contributed by atoms with E-state index in [0.29, 0.717) is 44.4 Å². The maximum absolute atomic E-state index is 13.3. The van der Waals surface area contributed by atoms with Crippen molar-refractivity contribution in [3.8, 4) is 11.5 Å². The third-order valence-corrected chi connectivity index (χ3v) is 6.15. The van der Waals surface area contributed by atoms with Crippen LogP contribution in [0, 0.1) is 0 Å². The minimum Gasteiger partial charge on any atom is -0.493 e. The highest BCUT2D eigenvalue weighted by molar-refractivity contribution is 8.03. The molecule has 0 atom stereocenters. The van der Waals surface area contributed by atoms with Gasteiger partial charge in [0, 0.05) is 21.4 Å². The van der Waals surface area contributed by atoms with Crippen LogP contribution >= 0.6 is 35.0 Å². The number of ether oxygens (including phenoxy) is 2. The molecule has 0 saturated heterocycles. The van der Waals surface area contributed by atoms with E-state index in [4.69, 9.17) is 32.7 Å². The molecule has 0 saturated carbocycles. The second-order valence-electron chi connectivity index (χ2n) is 6.57. The largest absolute Gasteiger partial charge is 0.493 e. The number of methoxy groups -OCH3 is 1. The Kier molecular flexibility index (Phi) is 8.47. The maximum atomic E-state index is 13.3. The number of rotatable bonds is 9. The molecule has 0 fully saturated rings. The van der Waals surface area contributed by atoms with Crippen LogP contribution in [0.25, 0.3) is 6.08 Å². The molecule has 0 aliphatic carbocycles. The Balaban J connectivity index is 1.95. The Bertz CT molecular complexity index is 1080. The summed E-state index contributed by atoms with van der Waals surface area (Å²) in [6.45, 7) is 2.46. The van der Waals surface area contributed by atoms with Gasteiger partial charge in [-0.3, -0.25) is 4.79 Å². The van der Waals surface area contributed by atoms with Gasteiger partial charge in [-0.05, 0) is 66.6 Å². The van der Waals surface area contributed by atoms with Crippen LogP contribution in [0.3, 0.4) is 0 Å². The lowest BCUT2D eigenvalue weighted by Crippen LogP contribution is -2.02. The van der Waals surface area contributed by atoms with Gasteiger partial charge < -0.3 is 9.47 Å². The normalized spacial score (nSPS) is 11.3. The Hall–Kier alpha value is -2.40. The van der Waals surface area contributed by atoms with Gasteiger partial charge in [-0.15, -0.1) is 11.8 Å². The van der Waals surface area contributed by atoms with E-state index in [1.807, 2.05) is 55.5 Å². The zero-order chi connectivity index (χ0) is 22.2. The summed E-state index contributed by atoms with van der Waals surface area (Å²) in [5.41, 5.74) is 2.37. The fraction of sp³-hybridized carbons (Fsp3) is 0.160. The second-order valence-corrected chi connectivity index (χ2v) is 8.43. The van der Waals surface area contributed by atoms with Crippen LogP contribution in [0.2, 0.25) is 10.0 Å². The molecular weight excluding hydrogens is 451 g/mol. The average Bonchev–Trinajstić information content (AvgIpc) is 2.78. The van der Waals surface area contributed by atoms with Crippen LogP contribution in [-0.4, -0.2) is 19.5 Å². The minimum atomic E-state index is -0.0819. The van der Waals surface area contributed by atoms with Crippen LogP contribution in [0.15, 0.2) is 71.6 Å². The number of Topliss-reactive ketones (excluding diaryl/α,β-unsaturated/α-hetero) is 1. The first kappa shape index (κ1) is 23.3. The zero-order valence-corrected chi connectivity index (χ0v) is 19.6. The first-order chi connectivity index (χ1) is 15.0. The molecular formula is C25H22Cl2O3S. The quantitative estimate of drug-likeness (QED) is 0.237. The van der Waals surface area contributed by atoms with Crippen molar-refractivity contribution in [1.29, 1.82) is 0 Å². The highest BCUT2D eigenvalue weighted by Gasteiger charge is 2.15. The predicted molar refractivity (Wildman–Crippen MR) is 131 cm³/mol. The second kappa shape index (κ2) is 11.3. The predicted octanol–water partition coefficient (Wildman–Crippen LogP) is 7.56. The summed E-state index contributed by atoms with van der Waals surface area (Å²) < 4.78 is 11.0. The third kappa shape index (κ3) is 6.30. The molecule has 6 heteroatoms. The van der Waals surface area contributed by atoms with Crippen molar-refractivity contribution in [1.82, 2.24) is 0 Å². The van der Waals surface area contributed by atoms with Crippen molar-refractivity contribution in [2.75, 3.05) is 13.7 Å². The molecule has 0 heterocycles. The molecule has 0 unspecified atom stereocenters. The molecule has 0 aromatic heterocycles. The maximum Gasteiger partial charge on any atom is 0.199 e. The summed E-state index contributed by atoms with van der Waals surface area (Å²) in [5, 5.41) is 1.26. The number of hydrogen-bond donors (Lipinski definition) is 0. The van der Waals surface area contributed by atoms with Crippen molar-refractivity contribution >= 4 is 46.8 Å². The molecule has 0 spiro atoms. The standard InChI is InChI=1S/C25H22Cl2O3S/c1-3-30-22-13-8-17(14-23(22)29-2)15-24(25(28)18-9-11-20(26)12-10-18)31-16-19-6-4-5-7-21(19)27/h4-15H,3,16H2,1-2H3. The molecule has 31 heavy (non-hydrogen) atoms. The van der Waals surface area contributed by atoms with Crippen molar-refractivity contribution in [3.63, 3.8) is 0 Å². The summed E-state index contributed by atoms with van der Waals surface area (Å²) in [5.74, 6) is 1.77. The molecule has 0 N–H and O–H groups in total. The van der Waals surface area contributed by atoms with Gasteiger partial charge in [0.25, 0.3) is 0 Å².